The van der Waals surface area contributed by atoms with Crippen LogP contribution in [0.3, 0.4) is 0 Å². The Morgan fingerprint density at radius 3 is 2.58 bits per heavy atom. The van der Waals surface area contributed by atoms with Crippen molar-refractivity contribution >= 4 is 21.8 Å². The van der Waals surface area contributed by atoms with Gasteiger partial charge in [0.05, 0.1) is 5.02 Å². The van der Waals surface area contributed by atoms with E-state index in [0.717, 1.165) is 12.8 Å². The van der Waals surface area contributed by atoms with Gasteiger partial charge >= 0.3 is 0 Å². The molecular formula is C12H16ClFN2O2S. The van der Waals surface area contributed by atoms with Crippen molar-refractivity contribution in [3.63, 3.8) is 0 Å². The first-order valence-electron chi connectivity index (χ1n) is 6.06. The fraction of sp³-hybridized carbons (Fsp3) is 0.500. The smallest absolute Gasteiger partial charge is 0.216 e. The number of hydrogen-bond donors (Lipinski definition) is 2. The molecule has 0 saturated heterocycles. The highest BCUT2D eigenvalue weighted by Gasteiger charge is 2.38. The first kappa shape index (κ1) is 14.7. The predicted octanol–water partition coefficient (Wildman–Crippen LogP) is 2.08. The molecule has 0 spiro atoms. The summed E-state index contributed by atoms with van der Waals surface area (Å²) in [5.74, 6) is -0.470. The Bertz CT molecular complexity index is 571. The van der Waals surface area contributed by atoms with E-state index in [1.807, 2.05) is 0 Å². The molecule has 0 unspecified atom stereocenters. The van der Waals surface area contributed by atoms with Gasteiger partial charge < -0.3 is 0 Å². The zero-order valence-corrected chi connectivity index (χ0v) is 11.9. The molecule has 1 aromatic rings. The lowest BCUT2D eigenvalue weighted by Crippen LogP contribution is -2.42. The van der Waals surface area contributed by atoms with Crippen molar-refractivity contribution in [2.24, 2.45) is 5.14 Å². The summed E-state index contributed by atoms with van der Waals surface area (Å²) in [6, 6.07) is 4.82. The number of nitrogens with two attached hydrogens (primary N) is 1. The summed E-state index contributed by atoms with van der Waals surface area (Å²) in [5, 5.41) is 5.01. The quantitative estimate of drug-likeness (QED) is 0.894. The van der Waals surface area contributed by atoms with E-state index in [1.54, 1.807) is 12.1 Å². The van der Waals surface area contributed by atoms with Crippen LogP contribution in [0.1, 0.15) is 31.2 Å². The van der Waals surface area contributed by atoms with E-state index < -0.39 is 21.4 Å². The topological polar surface area (TPSA) is 72.2 Å². The molecule has 0 atom stereocenters. The van der Waals surface area contributed by atoms with Gasteiger partial charge in [-0.15, -0.1) is 0 Å². The third-order valence-corrected chi connectivity index (χ3v) is 4.53. The van der Waals surface area contributed by atoms with Crippen LogP contribution in [0.2, 0.25) is 5.02 Å². The Morgan fingerprint density at radius 2 is 2.00 bits per heavy atom. The molecule has 2 rings (SSSR count). The SMILES string of the molecule is NS(=O)(=O)NCC1(c2cccc(Cl)c2F)CCCC1. The molecule has 1 aliphatic rings. The lowest BCUT2D eigenvalue weighted by molar-refractivity contribution is 0.410. The highest BCUT2D eigenvalue weighted by Crippen LogP contribution is 2.42. The monoisotopic (exact) mass is 306 g/mol. The second kappa shape index (κ2) is 5.36. The molecule has 3 N–H and O–H groups in total. The van der Waals surface area contributed by atoms with E-state index in [1.165, 1.54) is 6.07 Å². The van der Waals surface area contributed by atoms with Crippen LogP contribution in [0.25, 0.3) is 0 Å². The van der Waals surface area contributed by atoms with Crippen molar-refractivity contribution in [2.75, 3.05) is 6.54 Å². The Hall–Kier alpha value is -0.690. The maximum atomic E-state index is 14.2. The van der Waals surface area contributed by atoms with Crippen molar-refractivity contribution in [3.05, 3.63) is 34.6 Å². The summed E-state index contributed by atoms with van der Waals surface area (Å²) in [7, 11) is -3.79. The molecule has 7 heteroatoms. The van der Waals surface area contributed by atoms with E-state index in [-0.39, 0.29) is 11.6 Å². The number of nitrogens with one attached hydrogen (secondary N) is 1. The van der Waals surface area contributed by atoms with Crippen LogP contribution in [0.4, 0.5) is 4.39 Å². The maximum Gasteiger partial charge on any atom is 0.274 e. The van der Waals surface area contributed by atoms with Gasteiger partial charge in [0, 0.05) is 12.0 Å². The van der Waals surface area contributed by atoms with Crippen molar-refractivity contribution in [1.82, 2.24) is 4.72 Å². The first-order valence-corrected chi connectivity index (χ1v) is 7.98. The standard InChI is InChI=1S/C12H16ClFN2O2S/c13-10-5-3-4-9(11(10)14)12(6-1-2-7-12)8-16-19(15,17)18/h3-5,16H,1-2,6-8H2,(H2,15,17,18). The number of halogens is 2. The van der Waals surface area contributed by atoms with Crippen molar-refractivity contribution < 1.29 is 12.8 Å². The Morgan fingerprint density at radius 1 is 1.37 bits per heavy atom. The molecule has 106 valence electrons. The molecule has 0 aromatic heterocycles. The molecule has 0 aliphatic heterocycles. The number of benzene rings is 1. The molecule has 1 fully saturated rings. The van der Waals surface area contributed by atoms with Crippen LogP contribution in [-0.4, -0.2) is 15.0 Å². The summed E-state index contributed by atoms with van der Waals surface area (Å²) in [6.45, 7) is 0.100. The van der Waals surface area contributed by atoms with Gasteiger partial charge in [-0.3, -0.25) is 0 Å². The number of hydrogen-bond acceptors (Lipinski definition) is 2. The van der Waals surface area contributed by atoms with Crippen molar-refractivity contribution in [1.29, 1.82) is 0 Å². The van der Waals surface area contributed by atoms with Gasteiger partial charge in [-0.2, -0.15) is 8.42 Å². The summed E-state index contributed by atoms with van der Waals surface area (Å²) in [5.41, 5.74) is -0.0878. The van der Waals surface area contributed by atoms with E-state index in [0.29, 0.717) is 18.4 Å². The minimum absolute atomic E-state index is 0.0550. The van der Waals surface area contributed by atoms with E-state index in [4.69, 9.17) is 16.7 Å². The summed E-state index contributed by atoms with van der Waals surface area (Å²) in [6.07, 6.45) is 3.29. The highest BCUT2D eigenvalue weighted by atomic mass is 35.5. The fourth-order valence-electron chi connectivity index (χ4n) is 2.75. The predicted molar refractivity (Wildman–Crippen MR) is 72.7 cm³/mol. The van der Waals surface area contributed by atoms with Crippen molar-refractivity contribution in [2.45, 2.75) is 31.1 Å². The van der Waals surface area contributed by atoms with Gasteiger partial charge in [-0.25, -0.2) is 14.3 Å². The third-order valence-electron chi connectivity index (χ3n) is 3.70. The molecule has 1 aliphatic carbocycles. The van der Waals surface area contributed by atoms with Gasteiger partial charge in [-0.05, 0) is 24.5 Å². The zero-order valence-electron chi connectivity index (χ0n) is 10.3. The Labute approximate surface area is 117 Å². The van der Waals surface area contributed by atoms with Crippen molar-refractivity contribution in [3.8, 4) is 0 Å². The molecular weight excluding hydrogens is 291 g/mol. The summed E-state index contributed by atoms with van der Waals surface area (Å²) < 4.78 is 38.6. The normalized spacial score (nSPS) is 18.7. The lowest BCUT2D eigenvalue weighted by atomic mass is 9.79. The van der Waals surface area contributed by atoms with Crippen LogP contribution >= 0.6 is 11.6 Å². The Balaban J connectivity index is 2.36. The van der Waals surface area contributed by atoms with Gasteiger partial charge in [-0.1, -0.05) is 36.6 Å². The largest absolute Gasteiger partial charge is 0.274 e. The molecule has 1 aromatic carbocycles. The molecule has 0 bridgehead atoms. The number of rotatable bonds is 4. The average molecular weight is 307 g/mol. The molecule has 1 saturated carbocycles. The second-order valence-electron chi connectivity index (χ2n) is 4.95. The Kier molecular flexibility index (Phi) is 4.15. The van der Waals surface area contributed by atoms with Crippen LogP contribution in [0.15, 0.2) is 18.2 Å². The lowest BCUT2D eigenvalue weighted by Gasteiger charge is -2.30. The molecule has 0 amide bonds. The third kappa shape index (κ3) is 3.25. The highest BCUT2D eigenvalue weighted by molar-refractivity contribution is 7.87. The molecule has 4 nitrogen and oxygen atoms in total. The summed E-state index contributed by atoms with van der Waals surface area (Å²) >= 11 is 5.81. The van der Waals surface area contributed by atoms with Gasteiger partial charge in [0.2, 0.25) is 0 Å². The fourth-order valence-corrected chi connectivity index (χ4v) is 3.40. The van der Waals surface area contributed by atoms with Crippen LogP contribution in [0, 0.1) is 5.82 Å². The summed E-state index contributed by atoms with van der Waals surface area (Å²) in [4.78, 5) is 0. The van der Waals surface area contributed by atoms with E-state index in [9.17, 15) is 12.8 Å². The van der Waals surface area contributed by atoms with E-state index in [2.05, 4.69) is 4.72 Å². The van der Waals surface area contributed by atoms with E-state index >= 15 is 0 Å². The van der Waals surface area contributed by atoms with Crippen LogP contribution < -0.4 is 9.86 Å². The molecule has 19 heavy (non-hydrogen) atoms. The van der Waals surface area contributed by atoms with Gasteiger partial charge in [0.25, 0.3) is 10.2 Å². The zero-order chi connectivity index (χ0) is 14.1. The second-order valence-corrected chi connectivity index (χ2v) is 6.74. The van der Waals surface area contributed by atoms with Gasteiger partial charge in [0.15, 0.2) is 0 Å². The average Bonchev–Trinajstić information content (AvgIpc) is 2.79. The molecule has 0 radical (unpaired) electrons. The minimum atomic E-state index is -3.79. The van der Waals surface area contributed by atoms with Crippen LogP contribution in [0.5, 0.6) is 0 Å². The van der Waals surface area contributed by atoms with Gasteiger partial charge in [0.1, 0.15) is 5.82 Å². The minimum Gasteiger partial charge on any atom is -0.216 e. The first-order chi connectivity index (χ1) is 8.84. The molecule has 0 heterocycles. The maximum absolute atomic E-state index is 14.2. The van der Waals surface area contributed by atoms with Crippen LogP contribution in [-0.2, 0) is 15.6 Å².